The molecule has 0 radical (unpaired) electrons. The van der Waals surface area contributed by atoms with Crippen molar-refractivity contribution in [3.63, 3.8) is 0 Å². The van der Waals surface area contributed by atoms with Crippen LogP contribution in [0.1, 0.15) is 37.1 Å². The minimum atomic E-state index is -3.69. The second-order valence-corrected chi connectivity index (χ2v) is 9.98. The summed E-state index contributed by atoms with van der Waals surface area (Å²) in [6.07, 6.45) is 0. The van der Waals surface area contributed by atoms with Crippen LogP contribution in [0.4, 0.5) is 0 Å². The second-order valence-electron chi connectivity index (χ2n) is 7.35. The highest BCUT2D eigenvalue weighted by atomic mass is 79.9. The molecule has 0 aliphatic carbocycles. The van der Waals surface area contributed by atoms with Gasteiger partial charge in [-0.3, -0.25) is 4.79 Å². The van der Waals surface area contributed by atoms with Crippen LogP contribution >= 0.6 is 15.9 Å². The Morgan fingerprint density at radius 2 is 1.47 bits per heavy atom. The molecule has 0 spiro atoms. The number of sulfonamides is 1. The number of nitrogens with one attached hydrogen (secondary N) is 2. The Hall–Kier alpha value is -2.68. The number of hydrogen-bond donors (Lipinski definition) is 2. The van der Waals surface area contributed by atoms with Gasteiger partial charge in [-0.25, -0.2) is 13.1 Å². The van der Waals surface area contributed by atoms with Gasteiger partial charge in [-0.05, 0) is 61.4 Å². The summed E-state index contributed by atoms with van der Waals surface area (Å²) in [5.41, 5.74) is 1.85. The van der Waals surface area contributed by atoms with E-state index in [1.165, 1.54) is 24.3 Å². The number of amides is 1. The van der Waals surface area contributed by atoms with E-state index in [1.807, 2.05) is 61.5 Å². The lowest BCUT2D eigenvalue weighted by atomic mass is 10.1. The highest BCUT2D eigenvalue weighted by molar-refractivity contribution is 9.10. The highest BCUT2D eigenvalue weighted by Gasteiger charge is 2.18. The minimum Gasteiger partial charge on any atom is -0.484 e. The minimum absolute atomic E-state index is 0.126. The predicted octanol–water partition coefficient (Wildman–Crippen LogP) is 4.74. The number of carbonyl (C=O) groups excluding carboxylic acids is 1. The van der Waals surface area contributed by atoms with E-state index in [1.54, 1.807) is 6.92 Å². The van der Waals surface area contributed by atoms with Crippen LogP contribution in [0, 0.1) is 0 Å². The summed E-state index contributed by atoms with van der Waals surface area (Å²) in [5, 5.41) is 2.87. The number of halogens is 1. The largest absolute Gasteiger partial charge is 0.484 e. The third-order valence-corrected chi connectivity index (χ3v) is 6.97. The number of ether oxygens (including phenoxy) is 1. The molecule has 3 aromatic carbocycles. The summed E-state index contributed by atoms with van der Waals surface area (Å²) < 4.78 is 34.4. The number of carbonyl (C=O) groups is 1. The van der Waals surface area contributed by atoms with Gasteiger partial charge < -0.3 is 10.1 Å². The van der Waals surface area contributed by atoms with Gasteiger partial charge in [0.15, 0.2) is 6.61 Å². The Kier molecular flexibility index (Phi) is 8.06. The molecule has 0 saturated carbocycles. The molecule has 0 saturated heterocycles. The normalized spacial score (nSPS) is 13.2. The van der Waals surface area contributed by atoms with Gasteiger partial charge in [-0.1, -0.05) is 58.4 Å². The average molecular weight is 517 g/mol. The molecule has 1 amide bonds. The third-order valence-electron chi connectivity index (χ3n) is 4.88. The molecule has 3 rings (SSSR count). The van der Waals surface area contributed by atoms with Crippen molar-refractivity contribution in [2.24, 2.45) is 0 Å². The molecule has 6 nitrogen and oxygen atoms in total. The fraction of sp³-hybridized carbons (Fsp3) is 0.208. The Morgan fingerprint density at radius 1 is 0.875 bits per heavy atom. The van der Waals surface area contributed by atoms with Crippen molar-refractivity contribution in [2.75, 3.05) is 6.61 Å². The maximum atomic E-state index is 12.7. The van der Waals surface area contributed by atoms with Gasteiger partial charge in [0.25, 0.3) is 5.91 Å². The summed E-state index contributed by atoms with van der Waals surface area (Å²) >= 11 is 3.39. The zero-order valence-electron chi connectivity index (χ0n) is 17.8. The summed E-state index contributed by atoms with van der Waals surface area (Å²) in [4.78, 5) is 12.3. The Labute approximate surface area is 197 Å². The monoisotopic (exact) mass is 516 g/mol. The maximum absolute atomic E-state index is 12.7. The van der Waals surface area contributed by atoms with E-state index in [0.29, 0.717) is 5.75 Å². The summed E-state index contributed by atoms with van der Waals surface area (Å²) in [5.74, 6) is 0.141. The third kappa shape index (κ3) is 6.66. The van der Waals surface area contributed by atoms with Crippen molar-refractivity contribution < 1.29 is 17.9 Å². The molecule has 2 atom stereocenters. The van der Waals surface area contributed by atoms with Crippen molar-refractivity contribution in [1.82, 2.24) is 10.0 Å². The molecule has 8 heteroatoms. The molecular weight excluding hydrogens is 492 g/mol. The zero-order chi connectivity index (χ0) is 23.1. The van der Waals surface area contributed by atoms with E-state index < -0.39 is 10.0 Å². The summed E-state index contributed by atoms with van der Waals surface area (Å²) in [6, 6.07) is 22.5. The van der Waals surface area contributed by atoms with Crippen molar-refractivity contribution in [1.29, 1.82) is 0 Å². The lowest BCUT2D eigenvalue weighted by Crippen LogP contribution is -2.31. The van der Waals surface area contributed by atoms with E-state index in [4.69, 9.17) is 4.74 Å². The van der Waals surface area contributed by atoms with E-state index in [0.717, 1.165) is 15.6 Å². The Bertz CT molecular complexity index is 1130. The predicted molar refractivity (Wildman–Crippen MR) is 128 cm³/mol. The van der Waals surface area contributed by atoms with Gasteiger partial charge in [0.05, 0.1) is 10.9 Å². The molecule has 168 valence electrons. The first-order valence-corrected chi connectivity index (χ1v) is 12.4. The molecule has 3 aromatic rings. The van der Waals surface area contributed by atoms with Gasteiger partial charge >= 0.3 is 0 Å². The highest BCUT2D eigenvalue weighted by Crippen LogP contribution is 2.20. The average Bonchev–Trinajstić information content (AvgIpc) is 2.78. The lowest BCUT2D eigenvalue weighted by molar-refractivity contribution is -0.123. The first kappa shape index (κ1) is 24.0. The molecule has 0 bridgehead atoms. The van der Waals surface area contributed by atoms with E-state index >= 15 is 0 Å². The van der Waals surface area contributed by atoms with Gasteiger partial charge in [0.2, 0.25) is 10.0 Å². The van der Waals surface area contributed by atoms with Gasteiger partial charge in [0, 0.05) is 10.5 Å². The molecule has 0 aromatic heterocycles. The van der Waals surface area contributed by atoms with E-state index in [-0.39, 0.29) is 29.5 Å². The van der Waals surface area contributed by atoms with Crippen LogP contribution in [-0.4, -0.2) is 20.9 Å². The number of hydrogen-bond acceptors (Lipinski definition) is 4. The van der Waals surface area contributed by atoms with Gasteiger partial charge in [-0.15, -0.1) is 0 Å². The van der Waals surface area contributed by atoms with Crippen LogP contribution in [0.2, 0.25) is 0 Å². The molecule has 0 aliphatic rings. The molecule has 2 N–H and O–H groups in total. The van der Waals surface area contributed by atoms with Crippen LogP contribution in [0.5, 0.6) is 5.75 Å². The number of benzene rings is 3. The fourth-order valence-electron chi connectivity index (χ4n) is 3.09. The van der Waals surface area contributed by atoms with Crippen LogP contribution in [0.25, 0.3) is 0 Å². The lowest BCUT2D eigenvalue weighted by Gasteiger charge is -2.16. The van der Waals surface area contributed by atoms with Crippen LogP contribution < -0.4 is 14.8 Å². The van der Waals surface area contributed by atoms with E-state index in [2.05, 4.69) is 26.0 Å². The standard InChI is InChI=1S/C24H25BrN2O4S/c1-17(20-8-10-21(25)11-9-20)26-24(28)16-31-22-12-14-23(15-13-22)32(29,30)27-18(2)19-6-4-3-5-7-19/h3-15,17-18,27H,16H2,1-2H3,(H,26,28)/t17-,18+/m0/s1. The number of rotatable bonds is 9. The van der Waals surface area contributed by atoms with Crippen LogP contribution in [-0.2, 0) is 14.8 Å². The SMILES string of the molecule is C[C@H](NC(=O)COc1ccc(S(=O)(=O)N[C@H](C)c2ccccc2)cc1)c1ccc(Br)cc1. The second kappa shape index (κ2) is 10.8. The molecule has 0 fully saturated rings. The molecule has 0 heterocycles. The van der Waals surface area contributed by atoms with Crippen LogP contribution in [0.15, 0.2) is 88.2 Å². The summed E-state index contributed by atoms with van der Waals surface area (Å²) in [7, 11) is -3.69. The topological polar surface area (TPSA) is 84.5 Å². The van der Waals surface area contributed by atoms with Crippen molar-refractivity contribution in [2.45, 2.75) is 30.8 Å². The van der Waals surface area contributed by atoms with Crippen molar-refractivity contribution >= 4 is 31.9 Å². The Balaban J connectivity index is 1.53. The quantitative estimate of drug-likeness (QED) is 0.429. The first-order chi connectivity index (χ1) is 15.2. The van der Waals surface area contributed by atoms with Gasteiger partial charge in [-0.2, -0.15) is 0 Å². The first-order valence-electron chi connectivity index (χ1n) is 10.1. The van der Waals surface area contributed by atoms with Crippen molar-refractivity contribution in [3.8, 4) is 5.75 Å². The fourth-order valence-corrected chi connectivity index (χ4v) is 4.59. The van der Waals surface area contributed by atoms with Gasteiger partial charge in [0.1, 0.15) is 5.75 Å². The Morgan fingerprint density at radius 3 is 2.09 bits per heavy atom. The van der Waals surface area contributed by atoms with E-state index in [9.17, 15) is 13.2 Å². The van der Waals surface area contributed by atoms with Crippen molar-refractivity contribution in [3.05, 3.63) is 94.5 Å². The molecule has 0 aliphatic heterocycles. The molecule has 0 unspecified atom stereocenters. The summed E-state index contributed by atoms with van der Waals surface area (Å²) in [6.45, 7) is 3.51. The molecule has 32 heavy (non-hydrogen) atoms. The maximum Gasteiger partial charge on any atom is 0.258 e. The van der Waals surface area contributed by atoms with Crippen LogP contribution in [0.3, 0.4) is 0 Å². The smallest absolute Gasteiger partial charge is 0.258 e. The molecular formula is C24H25BrN2O4S. The zero-order valence-corrected chi connectivity index (χ0v) is 20.2.